The molecule has 0 spiro atoms. The van der Waals surface area contributed by atoms with Crippen molar-refractivity contribution < 1.29 is 21.2 Å². The van der Waals surface area contributed by atoms with Crippen LogP contribution in [0.15, 0.2) is 45.0 Å². The number of aromatic nitrogens is 2. The Morgan fingerprint density at radius 1 is 1.04 bits per heavy atom. The van der Waals surface area contributed by atoms with Crippen molar-refractivity contribution >= 4 is 19.9 Å². The van der Waals surface area contributed by atoms with E-state index < -0.39 is 36.9 Å². The molecule has 0 amide bonds. The van der Waals surface area contributed by atoms with Gasteiger partial charge in [0, 0.05) is 13.3 Å². The quantitative estimate of drug-likeness (QED) is 0.786. The number of nitrogens with zero attached hydrogens (tertiary/aromatic N) is 2. The lowest BCUT2D eigenvalue weighted by Crippen LogP contribution is -2.41. The summed E-state index contributed by atoms with van der Waals surface area (Å²) in [6.07, 6.45) is 1.37. The molecule has 0 radical (unpaired) electrons. The first-order valence-electron chi connectivity index (χ1n) is 6.05. The second-order valence-corrected chi connectivity index (χ2v) is 8.54. The summed E-state index contributed by atoms with van der Waals surface area (Å²) in [6.45, 7) is 0. The summed E-state index contributed by atoms with van der Waals surface area (Å²) in [4.78, 5) is 11.5. The molecule has 0 fully saturated rings. The SMILES string of the molecule is Cn1c(=N)c(F)cn(S(=O)(=O)c2ccc(S(C)(=O)=O)cc2)c1=O. The van der Waals surface area contributed by atoms with Crippen molar-refractivity contribution in [3.05, 3.63) is 52.3 Å². The van der Waals surface area contributed by atoms with Crippen LogP contribution in [0, 0.1) is 11.2 Å². The lowest BCUT2D eigenvalue weighted by atomic mass is 10.4. The van der Waals surface area contributed by atoms with Crippen LogP contribution in [0.5, 0.6) is 0 Å². The van der Waals surface area contributed by atoms with E-state index in [1.807, 2.05) is 0 Å². The highest BCUT2D eigenvalue weighted by molar-refractivity contribution is 7.91. The fraction of sp³-hybridized carbons (Fsp3) is 0.167. The Morgan fingerprint density at radius 3 is 2.00 bits per heavy atom. The molecule has 2 rings (SSSR count). The van der Waals surface area contributed by atoms with Gasteiger partial charge < -0.3 is 0 Å². The second-order valence-electron chi connectivity index (χ2n) is 4.71. The highest BCUT2D eigenvalue weighted by Crippen LogP contribution is 2.16. The lowest BCUT2D eigenvalue weighted by Gasteiger charge is -2.10. The Bertz CT molecular complexity index is 1100. The monoisotopic (exact) mass is 361 g/mol. The summed E-state index contributed by atoms with van der Waals surface area (Å²) in [5.74, 6) is -1.19. The Labute approximate surface area is 130 Å². The summed E-state index contributed by atoms with van der Waals surface area (Å²) in [6, 6.07) is 4.15. The summed E-state index contributed by atoms with van der Waals surface area (Å²) >= 11 is 0. The fourth-order valence-corrected chi connectivity index (χ4v) is 3.66. The van der Waals surface area contributed by atoms with Gasteiger partial charge in [0.2, 0.25) is 0 Å². The van der Waals surface area contributed by atoms with Gasteiger partial charge in [-0.15, -0.1) is 0 Å². The zero-order chi connectivity index (χ0) is 17.6. The van der Waals surface area contributed by atoms with Crippen molar-refractivity contribution in [3.8, 4) is 0 Å². The van der Waals surface area contributed by atoms with Gasteiger partial charge in [0.05, 0.1) is 16.0 Å². The molecule has 2 aromatic rings. The van der Waals surface area contributed by atoms with Crippen LogP contribution >= 0.6 is 0 Å². The number of hydrogen-bond donors (Lipinski definition) is 1. The Kier molecular flexibility index (Phi) is 4.03. The fourth-order valence-electron chi connectivity index (χ4n) is 1.77. The molecule has 1 N–H and O–H groups in total. The molecule has 11 heteroatoms. The number of sulfone groups is 1. The molecule has 1 heterocycles. The van der Waals surface area contributed by atoms with Crippen molar-refractivity contribution in [1.82, 2.24) is 8.54 Å². The highest BCUT2D eigenvalue weighted by atomic mass is 32.2. The van der Waals surface area contributed by atoms with Crippen LogP contribution < -0.4 is 11.2 Å². The van der Waals surface area contributed by atoms with Crippen LogP contribution in [0.2, 0.25) is 0 Å². The van der Waals surface area contributed by atoms with Crippen LogP contribution in [-0.4, -0.2) is 31.6 Å². The van der Waals surface area contributed by atoms with Crippen LogP contribution in [0.4, 0.5) is 4.39 Å². The van der Waals surface area contributed by atoms with E-state index in [4.69, 9.17) is 5.41 Å². The maximum atomic E-state index is 13.6. The summed E-state index contributed by atoms with van der Waals surface area (Å²) in [5.41, 5.74) is -1.88. The first-order chi connectivity index (χ1) is 10.5. The average Bonchev–Trinajstić information content (AvgIpc) is 2.48. The van der Waals surface area contributed by atoms with Gasteiger partial charge in [-0.25, -0.2) is 26.0 Å². The number of rotatable bonds is 3. The predicted octanol–water partition coefficient (Wildman–Crippen LogP) is -0.554. The van der Waals surface area contributed by atoms with Gasteiger partial charge in [0.15, 0.2) is 21.1 Å². The van der Waals surface area contributed by atoms with Crippen LogP contribution in [-0.2, 0) is 26.9 Å². The molecule has 0 atom stereocenters. The molecule has 0 saturated heterocycles. The van der Waals surface area contributed by atoms with Gasteiger partial charge in [-0.2, -0.15) is 3.97 Å². The van der Waals surface area contributed by atoms with Crippen molar-refractivity contribution in [2.75, 3.05) is 6.26 Å². The van der Waals surface area contributed by atoms with E-state index in [9.17, 15) is 26.0 Å². The molecule has 0 bridgehead atoms. The molecule has 8 nitrogen and oxygen atoms in total. The van der Waals surface area contributed by atoms with Crippen molar-refractivity contribution in [2.45, 2.75) is 9.79 Å². The Balaban J connectivity index is 2.69. The first kappa shape index (κ1) is 17.1. The molecule has 23 heavy (non-hydrogen) atoms. The lowest BCUT2D eigenvalue weighted by molar-refractivity contribution is 0.534. The second kappa shape index (κ2) is 5.42. The Hall–Kier alpha value is -2.27. The predicted molar refractivity (Wildman–Crippen MR) is 77.6 cm³/mol. The summed E-state index contributed by atoms with van der Waals surface area (Å²) < 4.78 is 61.8. The number of benzene rings is 1. The minimum absolute atomic E-state index is 0.0953. The third-order valence-electron chi connectivity index (χ3n) is 3.08. The number of halogens is 1. The van der Waals surface area contributed by atoms with Crippen molar-refractivity contribution in [2.24, 2.45) is 7.05 Å². The molecule has 0 aliphatic heterocycles. The molecule has 0 aliphatic rings. The number of nitrogens with one attached hydrogen (secondary N) is 1. The van der Waals surface area contributed by atoms with E-state index in [1.54, 1.807) is 0 Å². The smallest absolute Gasteiger partial charge is 0.282 e. The largest absolute Gasteiger partial charge is 0.343 e. The molecule has 0 saturated carbocycles. The van der Waals surface area contributed by atoms with Gasteiger partial charge in [-0.1, -0.05) is 0 Å². The molecular weight excluding hydrogens is 349 g/mol. The van der Waals surface area contributed by atoms with Crippen LogP contribution in [0.3, 0.4) is 0 Å². The van der Waals surface area contributed by atoms with Gasteiger partial charge in [-0.3, -0.25) is 9.98 Å². The van der Waals surface area contributed by atoms with Gasteiger partial charge in [0.25, 0.3) is 10.0 Å². The van der Waals surface area contributed by atoms with E-state index in [1.165, 1.54) is 0 Å². The zero-order valence-corrected chi connectivity index (χ0v) is 13.6. The zero-order valence-electron chi connectivity index (χ0n) is 12.0. The molecule has 0 aliphatic carbocycles. The molecular formula is C12H12FN3O5S2. The highest BCUT2D eigenvalue weighted by Gasteiger charge is 2.21. The third kappa shape index (κ3) is 2.97. The molecule has 124 valence electrons. The maximum Gasteiger partial charge on any atom is 0.343 e. The first-order valence-corrected chi connectivity index (χ1v) is 9.38. The van der Waals surface area contributed by atoms with E-state index >= 15 is 0 Å². The minimum Gasteiger partial charge on any atom is -0.282 e. The van der Waals surface area contributed by atoms with E-state index in [0.717, 1.165) is 37.6 Å². The number of hydrogen-bond acceptors (Lipinski definition) is 6. The standard InChI is InChI=1S/C12H12FN3O5S2/c1-15-11(14)10(13)7-16(12(15)17)23(20,21)9-5-3-8(4-6-9)22(2,18)19/h3-7,14H,1-2H3. The van der Waals surface area contributed by atoms with E-state index in [-0.39, 0.29) is 13.8 Å². The summed E-state index contributed by atoms with van der Waals surface area (Å²) in [7, 11) is -6.88. The summed E-state index contributed by atoms with van der Waals surface area (Å²) in [5, 5.41) is 7.30. The maximum absolute atomic E-state index is 13.6. The molecule has 1 aromatic carbocycles. The minimum atomic E-state index is -4.43. The molecule has 0 unspecified atom stereocenters. The van der Waals surface area contributed by atoms with E-state index in [2.05, 4.69) is 0 Å². The Morgan fingerprint density at radius 2 is 1.52 bits per heavy atom. The van der Waals surface area contributed by atoms with Crippen LogP contribution in [0.1, 0.15) is 0 Å². The normalized spacial score (nSPS) is 12.3. The van der Waals surface area contributed by atoms with Crippen molar-refractivity contribution in [3.63, 3.8) is 0 Å². The molecule has 1 aromatic heterocycles. The van der Waals surface area contributed by atoms with Crippen molar-refractivity contribution in [1.29, 1.82) is 5.41 Å². The van der Waals surface area contributed by atoms with Gasteiger partial charge in [0.1, 0.15) is 0 Å². The van der Waals surface area contributed by atoms with Gasteiger partial charge in [-0.05, 0) is 24.3 Å². The third-order valence-corrected chi connectivity index (χ3v) is 5.85. The topological polar surface area (TPSA) is 119 Å². The van der Waals surface area contributed by atoms with Gasteiger partial charge >= 0.3 is 5.69 Å². The van der Waals surface area contributed by atoms with Crippen LogP contribution in [0.25, 0.3) is 0 Å². The van der Waals surface area contributed by atoms with E-state index in [0.29, 0.717) is 10.8 Å². The average molecular weight is 361 g/mol.